The van der Waals surface area contributed by atoms with Crippen molar-refractivity contribution in [2.45, 2.75) is 12.8 Å². The van der Waals surface area contributed by atoms with Gasteiger partial charge in [-0.25, -0.2) is 0 Å². The number of amides is 2. The predicted molar refractivity (Wildman–Crippen MR) is 57.2 cm³/mol. The van der Waals surface area contributed by atoms with Crippen LogP contribution in [-0.2, 0) is 4.79 Å². The summed E-state index contributed by atoms with van der Waals surface area (Å²) >= 11 is 0. The summed E-state index contributed by atoms with van der Waals surface area (Å²) in [5.74, 6) is -0.646. The largest absolute Gasteiger partial charge is 0.330 e. The van der Waals surface area contributed by atoms with E-state index < -0.39 is 0 Å². The molecule has 15 heavy (non-hydrogen) atoms. The Morgan fingerprint density at radius 1 is 1.20 bits per heavy atom. The third-order valence-electron chi connectivity index (χ3n) is 1.90. The van der Waals surface area contributed by atoms with Gasteiger partial charge in [-0.15, -0.1) is 0 Å². The van der Waals surface area contributed by atoms with E-state index in [1.54, 1.807) is 24.3 Å². The molecule has 0 spiro atoms. The molecule has 0 radical (unpaired) electrons. The topological polar surface area (TPSA) is 72.2 Å². The summed E-state index contributed by atoms with van der Waals surface area (Å²) in [6.07, 6.45) is 0.878. The minimum atomic E-state index is -0.363. The fourth-order valence-electron chi connectivity index (χ4n) is 1.11. The molecule has 3 N–H and O–H groups in total. The third kappa shape index (κ3) is 3.91. The van der Waals surface area contributed by atoms with Crippen molar-refractivity contribution in [2.24, 2.45) is 5.73 Å². The SMILES string of the molecule is NCCCC(=O)NC(=O)c1ccccc1. The second-order valence-corrected chi connectivity index (χ2v) is 3.14. The van der Waals surface area contributed by atoms with Gasteiger partial charge in [0.2, 0.25) is 5.91 Å². The molecule has 2 amide bonds. The Labute approximate surface area is 88.5 Å². The summed E-state index contributed by atoms with van der Waals surface area (Å²) in [7, 11) is 0. The van der Waals surface area contributed by atoms with Gasteiger partial charge >= 0.3 is 0 Å². The van der Waals surface area contributed by atoms with Gasteiger partial charge in [-0.1, -0.05) is 18.2 Å². The summed E-state index contributed by atoms with van der Waals surface area (Å²) in [5.41, 5.74) is 5.74. The van der Waals surface area contributed by atoms with Crippen molar-refractivity contribution >= 4 is 11.8 Å². The standard InChI is InChI=1S/C11H14N2O2/c12-8-4-7-10(14)13-11(15)9-5-2-1-3-6-9/h1-3,5-6H,4,7-8,12H2,(H,13,14,15). The van der Waals surface area contributed by atoms with Crippen molar-refractivity contribution in [2.75, 3.05) is 6.54 Å². The molecule has 0 saturated carbocycles. The second-order valence-electron chi connectivity index (χ2n) is 3.14. The maximum Gasteiger partial charge on any atom is 0.257 e. The fourth-order valence-corrected chi connectivity index (χ4v) is 1.11. The Balaban J connectivity index is 2.46. The lowest BCUT2D eigenvalue weighted by Gasteiger charge is -2.02. The Morgan fingerprint density at radius 3 is 2.47 bits per heavy atom. The van der Waals surface area contributed by atoms with E-state index in [2.05, 4.69) is 5.32 Å². The van der Waals surface area contributed by atoms with Crippen LogP contribution in [-0.4, -0.2) is 18.4 Å². The van der Waals surface area contributed by atoms with Gasteiger partial charge in [0.15, 0.2) is 0 Å². The summed E-state index contributed by atoms with van der Waals surface area (Å²) in [6.45, 7) is 0.451. The normalized spacial score (nSPS) is 9.67. The van der Waals surface area contributed by atoms with Crippen molar-refractivity contribution in [3.63, 3.8) is 0 Å². The van der Waals surface area contributed by atoms with Crippen LogP contribution in [0.4, 0.5) is 0 Å². The molecule has 0 aliphatic rings. The van der Waals surface area contributed by atoms with Crippen LogP contribution in [0.25, 0.3) is 0 Å². The molecule has 0 bridgehead atoms. The van der Waals surface area contributed by atoms with Gasteiger partial charge in [-0.3, -0.25) is 14.9 Å². The maximum absolute atomic E-state index is 11.5. The molecule has 0 fully saturated rings. The number of benzene rings is 1. The van der Waals surface area contributed by atoms with Crippen molar-refractivity contribution in [3.05, 3.63) is 35.9 Å². The molecule has 0 aromatic heterocycles. The van der Waals surface area contributed by atoms with E-state index in [-0.39, 0.29) is 18.2 Å². The van der Waals surface area contributed by atoms with Gasteiger partial charge in [0.25, 0.3) is 5.91 Å². The van der Waals surface area contributed by atoms with E-state index in [0.717, 1.165) is 0 Å². The van der Waals surface area contributed by atoms with E-state index in [4.69, 9.17) is 5.73 Å². The molecule has 4 nitrogen and oxygen atoms in total. The number of nitrogens with one attached hydrogen (secondary N) is 1. The summed E-state index contributed by atoms with van der Waals surface area (Å²) in [4.78, 5) is 22.7. The first kappa shape index (κ1) is 11.4. The molecule has 0 aliphatic heterocycles. The summed E-state index contributed by atoms with van der Waals surface area (Å²) in [5, 5.41) is 2.30. The molecule has 1 rings (SSSR count). The molecular weight excluding hydrogens is 192 g/mol. The molecule has 80 valence electrons. The number of carbonyl (C=O) groups excluding carboxylic acids is 2. The van der Waals surface area contributed by atoms with Crippen LogP contribution in [0.5, 0.6) is 0 Å². The third-order valence-corrected chi connectivity index (χ3v) is 1.90. The van der Waals surface area contributed by atoms with E-state index >= 15 is 0 Å². The predicted octanol–water partition coefficient (Wildman–Crippen LogP) is 0.682. The van der Waals surface area contributed by atoms with Crippen LogP contribution in [0.15, 0.2) is 30.3 Å². The van der Waals surface area contributed by atoms with Crippen molar-refractivity contribution < 1.29 is 9.59 Å². The highest BCUT2D eigenvalue weighted by atomic mass is 16.2. The van der Waals surface area contributed by atoms with E-state index in [9.17, 15) is 9.59 Å². The molecule has 0 saturated heterocycles. The average Bonchev–Trinajstić information content (AvgIpc) is 2.27. The van der Waals surface area contributed by atoms with Crippen molar-refractivity contribution in [1.29, 1.82) is 0 Å². The van der Waals surface area contributed by atoms with E-state index in [0.29, 0.717) is 18.5 Å². The molecule has 4 heteroatoms. The molecule has 0 aliphatic carbocycles. The highest BCUT2D eigenvalue weighted by Gasteiger charge is 2.08. The van der Waals surface area contributed by atoms with E-state index in [1.807, 2.05) is 6.07 Å². The van der Waals surface area contributed by atoms with Gasteiger partial charge < -0.3 is 5.73 Å². The Kier molecular flexibility index (Phi) is 4.50. The fraction of sp³-hybridized carbons (Fsp3) is 0.273. The van der Waals surface area contributed by atoms with Gasteiger partial charge in [-0.2, -0.15) is 0 Å². The zero-order valence-electron chi connectivity index (χ0n) is 8.40. The average molecular weight is 206 g/mol. The Hall–Kier alpha value is -1.68. The zero-order valence-corrected chi connectivity index (χ0v) is 8.40. The minimum absolute atomic E-state index is 0.283. The molecule has 0 unspecified atom stereocenters. The minimum Gasteiger partial charge on any atom is -0.330 e. The van der Waals surface area contributed by atoms with Gasteiger partial charge in [0, 0.05) is 12.0 Å². The number of hydrogen-bond acceptors (Lipinski definition) is 3. The van der Waals surface area contributed by atoms with Gasteiger partial charge in [-0.05, 0) is 25.1 Å². The first-order valence-electron chi connectivity index (χ1n) is 4.83. The number of carbonyl (C=O) groups is 2. The van der Waals surface area contributed by atoms with Crippen molar-refractivity contribution in [1.82, 2.24) is 5.32 Å². The molecule has 0 atom stereocenters. The molecule has 1 aromatic rings. The summed E-state index contributed by atoms with van der Waals surface area (Å²) in [6, 6.07) is 8.63. The monoisotopic (exact) mass is 206 g/mol. The first-order valence-corrected chi connectivity index (χ1v) is 4.83. The quantitative estimate of drug-likeness (QED) is 0.761. The van der Waals surface area contributed by atoms with Crippen LogP contribution in [0.2, 0.25) is 0 Å². The van der Waals surface area contributed by atoms with Crippen LogP contribution < -0.4 is 11.1 Å². The van der Waals surface area contributed by atoms with Crippen molar-refractivity contribution in [3.8, 4) is 0 Å². The summed E-state index contributed by atoms with van der Waals surface area (Å²) < 4.78 is 0. The second kappa shape index (κ2) is 5.93. The van der Waals surface area contributed by atoms with Gasteiger partial charge in [0.05, 0.1) is 0 Å². The Bertz CT molecular complexity index is 336. The molecular formula is C11H14N2O2. The highest BCUT2D eigenvalue weighted by Crippen LogP contribution is 1.98. The lowest BCUT2D eigenvalue weighted by atomic mass is 10.2. The van der Waals surface area contributed by atoms with Crippen LogP contribution >= 0.6 is 0 Å². The zero-order chi connectivity index (χ0) is 11.1. The number of nitrogens with two attached hydrogens (primary N) is 1. The Morgan fingerprint density at radius 2 is 1.87 bits per heavy atom. The maximum atomic E-state index is 11.5. The first-order chi connectivity index (χ1) is 7.24. The smallest absolute Gasteiger partial charge is 0.257 e. The molecule has 1 aromatic carbocycles. The van der Waals surface area contributed by atoms with E-state index in [1.165, 1.54) is 0 Å². The van der Waals surface area contributed by atoms with Crippen LogP contribution in [0, 0.1) is 0 Å². The van der Waals surface area contributed by atoms with Crippen LogP contribution in [0.3, 0.4) is 0 Å². The number of imide groups is 1. The molecule has 0 heterocycles. The lowest BCUT2D eigenvalue weighted by molar-refractivity contribution is -0.120. The van der Waals surface area contributed by atoms with Gasteiger partial charge in [0.1, 0.15) is 0 Å². The van der Waals surface area contributed by atoms with Crippen LogP contribution in [0.1, 0.15) is 23.2 Å². The number of rotatable bonds is 4. The highest BCUT2D eigenvalue weighted by molar-refractivity contribution is 6.04. The number of hydrogen-bond donors (Lipinski definition) is 2. The lowest BCUT2D eigenvalue weighted by Crippen LogP contribution is -2.30.